The molecule has 116 valence electrons. The highest BCUT2D eigenvalue weighted by molar-refractivity contribution is 7.89. The summed E-state index contributed by atoms with van der Waals surface area (Å²) in [5.74, 6) is 0. The van der Waals surface area contributed by atoms with Crippen LogP contribution in [-0.4, -0.2) is 24.7 Å². The first-order valence-corrected chi connectivity index (χ1v) is 8.99. The number of nitrogens with one attached hydrogen (secondary N) is 3. The average molecular weight is 328 g/mol. The fourth-order valence-corrected chi connectivity index (χ4v) is 3.84. The zero-order chi connectivity index (χ0) is 15.5. The van der Waals surface area contributed by atoms with E-state index in [2.05, 4.69) is 20.2 Å². The lowest BCUT2D eigenvalue weighted by Gasteiger charge is -2.09. The largest absolute Gasteiger partial charge is 0.310 e. The Labute approximate surface area is 129 Å². The van der Waals surface area contributed by atoms with Crippen LogP contribution in [0.3, 0.4) is 0 Å². The third-order valence-corrected chi connectivity index (χ3v) is 5.30. The van der Waals surface area contributed by atoms with E-state index >= 15 is 0 Å². The van der Waals surface area contributed by atoms with Crippen molar-refractivity contribution >= 4 is 21.4 Å². The Morgan fingerprint density at radius 3 is 2.71 bits per heavy atom. The summed E-state index contributed by atoms with van der Waals surface area (Å²) in [6, 6.07) is 4.18. The van der Waals surface area contributed by atoms with E-state index in [1.165, 1.54) is 0 Å². The van der Waals surface area contributed by atoms with E-state index < -0.39 is 10.0 Å². The molecule has 8 heteroatoms. The second-order valence-electron chi connectivity index (χ2n) is 5.10. The fourth-order valence-electron chi connectivity index (χ4n) is 1.79. The molecule has 0 fully saturated rings. The highest BCUT2D eigenvalue weighted by atomic mass is 32.2. The van der Waals surface area contributed by atoms with E-state index in [0.717, 1.165) is 9.75 Å². The molecule has 0 amide bonds. The maximum atomic E-state index is 12.3. The lowest BCUT2D eigenvalue weighted by Crippen LogP contribution is -2.26. The quantitative estimate of drug-likeness (QED) is 0.723. The van der Waals surface area contributed by atoms with E-state index in [1.807, 2.05) is 32.9 Å². The molecule has 0 bridgehead atoms. The number of nitrogens with zero attached hydrogens (tertiary/aromatic N) is 1. The first-order valence-electron chi connectivity index (χ1n) is 6.69. The van der Waals surface area contributed by atoms with Crippen LogP contribution in [0.4, 0.5) is 0 Å². The predicted molar refractivity (Wildman–Crippen MR) is 83.6 cm³/mol. The summed E-state index contributed by atoms with van der Waals surface area (Å²) in [5, 5.41) is 9.73. The van der Waals surface area contributed by atoms with E-state index in [1.54, 1.807) is 17.5 Å². The first kappa shape index (κ1) is 16.2. The summed E-state index contributed by atoms with van der Waals surface area (Å²) in [5.41, 5.74) is 0.638. The van der Waals surface area contributed by atoms with Gasteiger partial charge in [-0.05, 0) is 19.1 Å². The Hall–Kier alpha value is -1.22. The highest BCUT2D eigenvalue weighted by Crippen LogP contribution is 2.17. The second-order valence-corrected chi connectivity index (χ2v) is 8.17. The molecule has 0 aliphatic carbocycles. The third-order valence-electron chi connectivity index (χ3n) is 2.88. The van der Waals surface area contributed by atoms with Crippen molar-refractivity contribution in [2.45, 2.75) is 44.9 Å². The van der Waals surface area contributed by atoms with Gasteiger partial charge in [-0.3, -0.25) is 5.10 Å². The summed E-state index contributed by atoms with van der Waals surface area (Å²) >= 11 is 1.58. The zero-order valence-corrected chi connectivity index (χ0v) is 13.9. The van der Waals surface area contributed by atoms with Gasteiger partial charge in [-0.25, -0.2) is 13.1 Å². The van der Waals surface area contributed by atoms with Gasteiger partial charge in [0.25, 0.3) is 10.0 Å². The van der Waals surface area contributed by atoms with Crippen LogP contribution in [0.25, 0.3) is 0 Å². The number of hydrogen-bond donors (Lipinski definition) is 3. The molecule has 0 radical (unpaired) electrons. The van der Waals surface area contributed by atoms with E-state index in [4.69, 9.17) is 0 Å². The van der Waals surface area contributed by atoms with Crippen LogP contribution in [0, 0.1) is 6.92 Å². The van der Waals surface area contributed by atoms with Crippen molar-refractivity contribution in [3.63, 3.8) is 0 Å². The Kier molecular flexibility index (Phi) is 5.15. The maximum absolute atomic E-state index is 12.3. The molecule has 0 unspecified atom stereocenters. The molecule has 0 aliphatic heterocycles. The van der Waals surface area contributed by atoms with Gasteiger partial charge in [0.15, 0.2) is 5.03 Å². The first-order chi connectivity index (χ1) is 9.88. The predicted octanol–water partition coefficient (Wildman–Crippen LogP) is 1.76. The van der Waals surface area contributed by atoms with Crippen LogP contribution < -0.4 is 10.0 Å². The summed E-state index contributed by atoms with van der Waals surface area (Å²) < 4.78 is 27.3. The molecule has 0 saturated carbocycles. The van der Waals surface area contributed by atoms with Crippen LogP contribution in [-0.2, 0) is 23.1 Å². The van der Waals surface area contributed by atoms with Crippen molar-refractivity contribution in [1.82, 2.24) is 20.2 Å². The van der Waals surface area contributed by atoms with Gasteiger partial charge in [-0.1, -0.05) is 13.8 Å². The summed E-state index contributed by atoms with van der Waals surface area (Å²) in [4.78, 5) is 2.14. The molecule has 0 saturated heterocycles. The number of aromatic nitrogens is 2. The number of sulfonamides is 1. The zero-order valence-electron chi connectivity index (χ0n) is 12.3. The molecular formula is C13H20N4O2S2. The van der Waals surface area contributed by atoms with E-state index in [-0.39, 0.29) is 17.6 Å². The molecule has 2 heterocycles. The Bertz CT molecular complexity index is 689. The molecule has 0 aromatic carbocycles. The van der Waals surface area contributed by atoms with Gasteiger partial charge in [-0.2, -0.15) is 5.10 Å². The van der Waals surface area contributed by atoms with Crippen LogP contribution >= 0.6 is 11.3 Å². The van der Waals surface area contributed by atoms with Crippen molar-refractivity contribution in [2.75, 3.05) is 0 Å². The number of H-pyrrole nitrogens is 1. The summed E-state index contributed by atoms with van der Waals surface area (Å²) in [6.45, 7) is 6.75. The second kappa shape index (κ2) is 6.69. The number of aromatic amines is 1. The van der Waals surface area contributed by atoms with E-state index in [0.29, 0.717) is 12.1 Å². The van der Waals surface area contributed by atoms with Crippen molar-refractivity contribution < 1.29 is 8.42 Å². The third kappa shape index (κ3) is 4.37. The number of hydrogen-bond acceptors (Lipinski definition) is 5. The molecule has 2 rings (SSSR count). The Balaban J connectivity index is 2.07. The van der Waals surface area contributed by atoms with Crippen molar-refractivity contribution in [1.29, 1.82) is 0 Å². The van der Waals surface area contributed by atoms with Gasteiger partial charge in [0.1, 0.15) is 0 Å². The summed E-state index contributed by atoms with van der Waals surface area (Å²) in [7, 11) is -3.59. The number of thiophene rings is 1. The lowest BCUT2D eigenvalue weighted by molar-refractivity contribution is 0.564. The van der Waals surface area contributed by atoms with Crippen molar-refractivity contribution in [3.8, 4) is 0 Å². The van der Waals surface area contributed by atoms with Crippen LogP contribution in [0.2, 0.25) is 0 Å². The molecule has 0 spiro atoms. The highest BCUT2D eigenvalue weighted by Gasteiger charge is 2.20. The van der Waals surface area contributed by atoms with Crippen LogP contribution in [0.5, 0.6) is 0 Å². The SMILES string of the molecule is Cc1ccc(CNS(=O)(=O)c2[nH]ncc2CNC(C)C)s1. The molecule has 0 aliphatic rings. The number of aryl methyl sites for hydroxylation is 1. The minimum Gasteiger partial charge on any atom is -0.310 e. The lowest BCUT2D eigenvalue weighted by atomic mass is 10.3. The van der Waals surface area contributed by atoms with Gasteiger partial charge >= 0.3 is 0 Å². The topological polar surface area (TPSA) is 86.9 Å². The maximum Gasteiger partial charge on any atom is 0.258 e. The van der Waals surface area contributed by atoms with Gasteiger partial charge in [0, 0.05) is 34.4 Å². The molecule has 2 aromatic rings. The molecule has 3 N–H and O–H groups in total. The molecule has 6 nitrogen and oxygen atoms in total. The molecular weight excluding hydrogens is 308 g/mol. The minimum atomic E-state index is -3.59. The van der Waals surface area contributed by atoms with Gasteiger partial charge < -0.3 is 5.32 Å². The summed E-state index contributed by atoms with van der Waals surface area (Å²) in [6.07, 6.45) is 1.54. The Morgan fingerprint density at radius 1 is 1.33 bits per heavy atom. The van der Waals surface area contributed by atoms with Crippen LogP contribution in [0.15, 0.2) is 23.4 Å². The van der Waals surface area contributed by atoms with Gasteiger partial charge in [-0.15, -0.1) is 11.3 Å². The Morgan fingerprint density at radius 2 is 2.10 bits per heavy atom. The number of rotatable bonds is 7. The standard InChI is InChI=1S/C13H20N4O2S2/c1-9(2)14-6-11-7-15-17-13(11)21(18,19)16-8-12-5-4-10(3)20-12/h4-5,7,9,14,16H,6,8H2,1-3H3,(H,15,17). The smallest absolute Gasteiger partial charge is 0.258 e. The molecule has 2 aromatic heterocycles. The van der Waals surface area contributed by atoms with Gasteiger partial charge in [0.05, 0.1) is 6.20 Å². The fraction of sp³-hybridized carbons (Fsp3) is 0.462. The van der Waals surface area contributed by atoms with E-state index in [9.17, 15) is 8.42 Å². The van der Waals surface area contributed by atoms with Crippen molar-refractivity contribution in [3.05, 3.63) is 33.6 Å². The average Bonchev–Trinajstić information content (AvgIpc) is 3.03. The minimum absolute atomic E-state index is 0.129. The monoisotopic (exact) mass is 328 g/mol. The van der Waals surface area contributed by atoms with Crippen LogP contribution in [0.1, 0.15) is 29.2 Å². The normalized spacial score (nSPS) is 12.2. The van der Waals surface area contributed by atoms with Gasteiger partial charge in [0.2, 0.25) is 0 Å². The molecule has 0 atom stereocenters. The van der Waals surface area contributed by atoms with Crippen molar-refractivity contribution in [2.24, 2.45) is 0 Å². The molecule has 21 heavy (non-hydrogen) atoms.